The highest BCUT2D eigenvalue weighted by molar-refractivity contribution is 6.51. The van der Waals surface area contributed by atoms with Crippen LogP contribution in [0.5, 0.6) is 0 Å². The fraction of sp³-hybridized carbons (Fsp3) is 0.115. The van der Waals surface area contributed by atoms with Gasteiger partial charge in [-0.2, -0.15) is 0 Å². The fourth-order valence-corrected chi connectivity index (χ4v) is 4.00. The third-order valence-electron chi connectivity index (χ3n) is 5.58. The highest BCUT2D eigenvalue weighted by Crippen LogP contribution is 2.44. The smallest absolute Gasteiger partial charge is 0.338 e. The molecule has 1 atom stereocenters. The Balaban J connectivity index is 1.92. The molecule has 0 saturated carbocycles. The number of esters is 1. The second-order valence-electron chi connectivity index (χ2n) is 7.62. The number of aliphatic hydroxyl groups is 1. The number of para-hydroxylation sites is 1. The number of anilines is 1. The van der Waals surface area contributed by atoms with Gasteiger partial charge in [0.2, 0.25) is 0 Å². The van der Waals surface area contributed by atoms with Gasteiger partial charge in [-0.05, 0) is 37.3 Å². The van der Waals surface area contributed by atoms with E-state index in [1.54, 1.807) is 43.3 Å². The molecule has 1 saturated heterocycles. The van der Waals surface area contributed by atoms with Gasteiger partial charge < -0.3 is 9.84 Å². The molecule has 35 heavy (non-hydrogen) atoms. The Hall–Kier alpha value is -4.79. The van der Waals surface area contributed by atoms with E-state index in [1.165, 1.54) is 42.5 Å². The summed E-state index contributed by atoms with van der Waals surface area (Å²) in [5.74, 6) is -2.95. The van der Waals surface area contributed by atoms with Crippen molar-refractivity contribution in [3.63, 3.8) is 0 Å². The second-order valence-corrected chi connectivity index (χ2v) is 7.62. The lowest BCUT2D eigenvalue weighted by molar-refractivity contribution is -0.385. The first-order valence-corrected chi connectivity index (χ1v) is 10.7. The lowest BCUT2D eigenvalue weighted by Crippen LogP contribution is -2.29. The fourth-order valence-electron chi connectivity index (χ4n) is 4.00. The van der Waals surface area contributed by atoms with Crippen molar-refractivity contribution in [2.24, 2.45) is 0 Å². The molecule has 1 aliphatic heterocycles. The zero-order valence-corrected chi connectivity index (χ0v) is 18.6. The molecule has 0 aromatic heterocycles. The Bertz CT molecular complexity index is 1350. The Morgan fingerprint density at radius 3 is 2.23 bits per heavy atom. The minimum atomic E-state index is -1.27. The summed E-state index contributed by atoms with van der Waals surface area (Å²) in [6.07, 6.45) is 0. The maximum absolute atomic E-state index is 13.2. The zero-order chi connectivity index (χ0) is 25.1. The van der Waals surface area contributed by atoms with Crippen LogP contribution in [-0.2, 0) is 14.3 Å². The van der Waals surface area contributed by atoms with Gasteiger partial charge in [0.25, 0.3) is 17.4 Å². The summed E-state index contributed by atoms with van der Waals surface area (Å²) in [4.78, 5) is 50.7. The van der Waals surface area contributed by atoms with Crippen molar-refractivity contribution >= 4 is 34.8 Å². The lowest BCUT2D eigenvalue weighted by atomic mass is 9.94. The number of nitro benzene ring substituents is 1. The molecule has 9 nitrogen and oxygen atoms in total. The van der Waals surface area contributed by atoms with E-state index < -0.39 is 34.4 Å². The van der Waals surface area contributed by atoms with Crippen molar-refractivity contribution in [3.8, 4) is 0 Å². The minimum absolute atomic E-state index is 0.0589. The number of aliphatic hydroxyl groups excluding tert-OH is 1. The molecule has 0 aliphatic carbocycles. The highest BCUT2D eigenvalue weighted by atomic mass is 16.6. The van der Waals surface area contributed by atoms with Crippen LogP contribution in [0.15, 0.2) is 84.4 Å². The van der Waals surface area contributed by atoms with Gasteiger partial charge in [-0.15, -0.1) is 0 Å². The van der Waals surface area contributed by atoms with Crippen molar-refractivity contribution in [2.45, 2.75) is 13.0 Å². The number of ether oxygens (including phenoxy) is 1. The summed E-state index contributed by atoms with van der Waals surface area (Å²) in [6, 6.07) is 18.4. The maximum atomic E-state index is 13.2. The van der Waals surface area contributed by atoms with Crippen molar-refractivity contribution in [1.29, 1.82) is 0 Å². The largest absolute Gasteiger partial charge is 0.507 e. The normalized spacial score (nSPS) is 16.8. The van der Waals surface area contributed by atoms with Crippen molar-refractivity contribution in [1.82, 2.24) is 0 Å². The van der Waals surface area contributed by atoms with E-state index in [9.17, 15) is 29.6 Å². The Morgan fingerprint density at radius 1 is 0.971 bits per heavy atom. The standard InChI is InChI=1S/C26H20N2O7/c1-2-35-26(32)17-12-14-18(15-13-17)27-22(19-10-6-7-11-20(19)28(33)34)21(24(30)25(27)31)23(29)16-8-4-3-5-9-16/h3-15,22,29H,2H2,1H3/b23-21+/t22-/m0/s1. The lowest BCUT2D eigenvalue weighted by Gasteiger charge is -2.25. The molecule has 1 aliphatic rings. The molecule has 0 spiro atoms. The third-order valence-corrected chi connectivity index (χ3v) is 5.58. The Labute approximate surface area is 200 Å². The molecular formula is C26H20N2O7. The molecule has 3 aromatic carbocycles. The number of ketones is 1. The number of benzene rings is 3. The minimum Gasteiger partial charge on any atom is -0.507 e. The van der Waals surface area contributed by atoms with Crippen molar-refractivity contribution in [2.75, 3.05) is 11.5 Å². The first kappa shape index (κ1) is 23.4. The van der Waals surface area contributed by atoms with Crippen LogP contribution in [0.3, 0.4) is 0 Å². The summed E-state index contributed by atoms with van der Waals surface area (Å²) >= 11 is 0. The first-order chi connectivity index (χ1) is 16.8. The molecule has 4 rings (SSSR count). The molecule has 1 fully saturated rings. The van der Waals surface area contributed by atoms with E-state index in [-0.39, 0.29) is 40.2 Å². The number of Topliss-reactive ketones (excluding diaryl/α,β-unsaturated/α-hetero) is 1. The highest BCUT2D eigenvalue weighted by Gasteiger charge is 2.48. The van der Waals surface area contributed by atoms with E-state index in [0.29, 0.717) is 0 Å². The number of hydrogen-bond donors (Lipinski definition) is 1. The van der Waals surface area contributed by atoms with Crippen LogP contribution in [-0.4, -0.2) is 34.3 Å². The van der Waals surface area contributed by atoms with Crippen LogP contribution < -0.4 is 4.90 Å². The SMILES string of the molecule is CCOC(=O)c1ccc(N2C(=O)C(=O)/C(=C(/O)c3ccccc3)[C@@H]2c2ccccc2[N+](=O)[O-])cc1. The van der Waals surface area contributed by atoms with E-state index in [0.717, 1.165) is 4.90 Å². The van der Waals surface area contributed by atoms with Crippen molar-refractivity contribution < 1.29 is 29.2 Å². The van der Waals surface area contributed by atoms with Gasteiger partial charge in [0, 0.05) is 17.3 Å². The third kappa shape index (κ3) is 4.26. The second kappa shape index (κ2) is 9.60. The van der Waals surface area contributed by atoms with Crippen LogP contribution >= 0.6 is 0 Å². The van der Waals surface area contributed by atoms with Gasteiger partial charge in [-0.3, -0.25) is 24.6 Å². The monoisotopic (exact) mass is 472 g/mol. The Kier molecular flexibility index (Phi) is 6.41. The Morgan fingerprint density at radius 2 is 1.60 bits per heavy atom. The summed E-state index contributed by atoms with van der Waals surface area (Å²) in [5, 5.41) is 22.9. The van der Waals surface area contributed by atoms with E-state index >= 15 is 0 Å². The number of nitrogens with zero attached hydrogens (tertiary/aromatic N) is 2. The number of carbonyl (C=O) groups is 3. The molecule has 1 N–H and O–H groups in total. The van der Waals surface area contributed by atoms with E-state index in [2.05, 4.69) is 0 Å². The molecule has 1 amide bonds. The van der Waals surface area contributed by atoms with E-state index in [4.69, 9.17) is 4.74 Å². The average molecular weight is 472 g/mol. The molecule has 0 bridgehead atoms. The summed E-state index contributed by atoms with van der Waals surface area (Å²) < 4.78 is 4.97. The van der Waals surface area contributed by atoms with Crippen LogP contribution in [0.1, 0.15) is 34.5 Å². The quantitative estimate of drug-likeness (QED) is 0.141. The van der Waals surface area contributed by atoms with E-state index in [1.807, 2.05) is 0 Å². The number of nitro groups is 1. The molecule has 176 valence electrons. The summed E-state index contributed by atoms with van der Waals surface area (Å²) in [7, 11) is 0. The predicted octanol–water partition coefficient (Wildman–Crippen LogP) is 4.40. The van der Waals surface area contributed by atoms with Crippen LogP contribution in [0.4, 0.5) is 11.4 Å². The van der Waals surface area contributed by atoms with Gasteiger partial charge >= 0.3 is 5.97 Å². The topological polar surface area (TPSA) is 127 Å². The summed E-state index contributed by atoms with van der Waals surface area (Å²) in [5.41, 5.74) is 0.209. The zero-order valence-electron chi connectivity index (χ0n) is 18.6. The number of carbonyl (C=O) groups excluding carboxylic acids is 3. The van der Waals surface area contributed by atoms with Gasteiger partial charge in [0.1, 0.15) is 11.8 Å². The molecule has 1 heterocycles. The molecule has 3 aromatic rings. The van der Waals surface area contributed by atoms with Crippen LogP contribution in [0, 0.1) is 10.1 Å². The summed E-state index contributed by atoms with van der Waals surface area (Å²) in [6.45, 7) is 1.86. The number of amides is 1. The average Bonchev–Trinajstić information content (AvgIpc) is 3.14. The molecule has 0 radical (unpaired) electrons. The maximum Gasteiger partial charge on any atom is 0.338 e. The number of rotatable bonds is 6. The van der Waals surface area contributed by atoms with Gasteiger partial charge in [-0.1, -0.05) is 42.5 Å². The first-order valence-electron chi connectivity index (χ1n) is 10.7. The van der Waals surface area contributed by atoms with Crippen molar-refractivity contribution in [3.05, 3.63) is 111 Å². The van der Waals surface area contributed by atoms with Gasteiger partial charge in [0.15, 0.2) is 0 Å². The molecule has 0 unspecified atom stereocenters. The van der Waals surface area contributed by atoms with Gasteiger partial charge in [0.05, 0.1) is 28.2 Å². The molecular weight excluding hydrogens is 452 g/mol. The van der Waals surface area contributed by atoms with Crippen LogP contribution in [0.2, 0.25) is 0 Å². The van der Waals surface area contributed by atoms with Gasteiger partial charge in [-0.25, -0.2) is 4.79 Å². The van der Waals surface area contributed by atoms with Crippen LogP contribution in [0.25, 0.3) is 5.76 Å². The molecule has 9 heteroatoms. The predicted molar refractivity (Wildman–Crippen MR) is 127 cm³/mol. The number of hydrogen-bond acceptors (Lipinski definition) is 7.